The Morgan fingerprint density at radius 3 is 2.28 bits per heavy atom. The zero-order chi connectivity index (χ0) is 12.4. The summed E-state index contributed by atoms with van der Waals surface area (Å²) in [5.74, 6) is 1.17. The molecule has 0 atom stereocenters. The standard InChI is InChI=1S/C13H9BN4/c14-18-12(10-6-2-1-3-7-10)16-17-13(18)11-8-4-5-9-15-11/h1-9H. The van der Waals surface area contributed by atoms with Crippen molar-refractivity contribution >= 4 is 7.98 Å². The Morgan fingerprint density at radius 1 is 0.833 bits per heavy atom. The van der Waals surface area contributed by atoms with Gasteiger partial charge in [0.25, 0.3) is 0 Å². The number of hydrogen-bond donors (Lipinski definition) is 0. The third kappa shape index (κ3) is 1.80. The number of pyridine rings is 1. The van der Waals surface area contributed by atoms with Gasteiger partial charge in [-0.1, -0.05) is 36.4 Å². The highest BCUT2D eigenvalue weighted by Gasteiger charge is 2.11. The molecule has 0 amide bonds. The highest BCUT2D eigenvalue weighted by molar-refractivity contribution is 6.10. The van der Waals surface area contributed by atoms with E-state index in [0.29, 0.717) is 17.3 Å². The van der Waals surface area contributed by atoms with Crippen LogP contribution in [0.2, 0.25) is 0 Å². The highest BCUT2D eigenvalue weighted by Crippen LogP contribution is 2.20. The molecular formula is C13H9BN4. The van der Waals surface area contributed by atoms with Crippen LogP contribution in [0.3, 0.4) is 0 Å². The average Bonchev–Trinajstić information content (AvgIpc) is 2.83. The topological polar surface area (TPSA) is 43.6 Å². The van der Waals surface area contributed by atoms with E-state index in [0.717, 1.165) is 5.56 Å². The molecule has 1 aromatic carbocycles. The van der Waals surface area contributed by atoms with E-state index in [-0.39, 0.29) is 0 Å². The summed E-state index contributed by atoms with van der Waals surface area (Å²) in [6.45, 7) is 0. The first-order valence-electron chi connectivity index (χ1n) is 5.53. The fourth-order valence-electron chi connectivity index (χ4n) is 1.75. The smallest absolute Gasteiger partial charge is 0.239 e. The molecule has 2 aromatic heterocycles. The third-order valence-corrected chi connectivity index (χ3v) is 2.62. The molecule has 2 heterocycles. The van der Waals surface area contributed by atoms with E-state index >= 15 is 0 Å². The molecule has 4 nitrogen and oxygen atoms in total. The van der Waals surface area contributed by atoms with E-state index in [1.165, 1.54) is 4.48 Å². The van der Waals surface area contributed by atoms with Crippen molar-refractivity contribution in [1.29, 1.82) is 0 Å². The molecule has 0 aliphatic rings. The molecule has 0 saturated heterocycles. The molecule has 0 saturated carbocycles. The summed E-state index contributed by atoms with van der Waals surface area (Å²) in [4.78, 5) is 4.21. The average molecular weight is 232 g/mol. The largest absolute Gasteiger partial charge is 0.363 e. The van der Waals surface area contributed by atoms with Gasteiger partial charge in [-0.15, -0.1) is 10.2 Å². The van der Waals surface area contributed by atoms with Gasteiger partial charge in [0, 0.05) is 11.8 Å². The molecule has 18 heavy (non-hydrogen) atoms. The van der Waals surface area contributed by atoms with Gasteiger partial charge in [0.15, 0.2) is 11.6 Å². The lowest BCUT2D eigenvalue weighted by molar-refractivity contribution is 1.09. The third-order valence-electron chi connectivity index (χ3n) is 2.62. The summed E-state index contributed by atoms with van der Waals surface area (Å²) in [5.41, 5.74) is 1.63. The quantitative estimate of drug-likeness (QED) is 0.634. The van der Waals surface area contributed by atoms with E-state index in [1.54, 1.807) is 6.20 Å². The second-order valence-corrected chi connectivity index (χ2v) is 3.80. The maximum absolute atomic E-state index is 6.02. The zero-order valence-electron chi connectivity index (χ0n) is 9.56. The van der Waals surface area contributed by atoms with Crippen molar-refractivity contribution in [3.05, 3.63) is 54.7 Å². The van der Waals surface area contributed by atoms with Crippen LogP contribution in [0.15, 0.2) is 54.7 Å². The van der Waals surface area contributed by atoms with Crippen LogP contribution in [0.1, 0.15) is 0 Å². The second-order valence-electron chi connectivity index (χ2n) is 3.80. The maximum atomic E-state index is 6.02. The van der Waals surface area contributed by atoms with Gasteiger partial charge in [-0.25, -0.2) is 0 Å². The number of aromatic nitrogens is 4. The summed E-state index contributed by atoms with van der Waals surface area (Å²) in [7, 11) is 6.02. The van der Waals surface area contributed by atoms with Gasteiger partial charge in [0.1, 0.15) is 5.69 Å². The first-order chi connectivity index (χ1) is 8.86. The molecule has 0 fully saturated rings. The summed E-state index contributed by atoms with van der Waals surface area (Å²) in [6, 6.07) is 15.3. The highest BCUT2D eigenvalue weighted by atomic mass is 15.3. The van der Waals surface area contributed by atoms with Crippen molar-refractivity contribution in [1.82, 2.24) is 19.7 Å². The molecule has 3 rings (SSSR count). The van der Waals surface area contributed by atoms with E-state index in [9.17, 15) is 0 Å². The van der Waals surface area contributed by atoms with Gasteiger partial charge in [-0.3, -0.25) is 4.98 Å². The number of benzene rings is 1. The van der Waals surface area contributed by atoms with Crippen molar-refractivity contribution in [3.8, 4) is 22.9 Å². The fraction of sp³-hybridized carbons (Fsp3) is 0. The van der Waals surface area contributed by atoms with Gasteiger partial charge in [-0.05, 0) is 12.1 Å². The van der Waals surface area contributed by atoms with Crippen LogP contribution in [-0.2, 0) is 0 Å². The van der Waals surface area contributed by atoms with Crippen LogP contribution >= 0.6 is 0 Å². The lowest BCUT2D eigenvalue weighted by Gasteiger charge is -2.03. The van der Waals surface area contributed by atoms with Crippen molar-refractivity contribution in [2.24, 2.45) is 0 Å². The Hall–Kier alpha value is -2.43. The molecule has 2 radical (unpaired) electrons. The molecule has 3 aromatic rings. The normalized spacial score (nSPS) is 10.4. The minimum atomic E-state index is 0.550. The Balaban J connectivity index is 2.09. The molecule has 5 heteroatoms. The molecule has 84 valence electrons. The van der Waals surface area contributed by atoms with Gasteiger partial charge in [-0.2, -0.15) is 0 Å². The van der Waals surface area contributed by atoms with Crippen LogP contribution in [0.4, 0.5) is 0 Å². The van der Waals surface area contributed by atoms with Gasteiger partial charge in [0.2, 0.25) is 7.98 Å². The first-order valence-corrected chi connectivity index (χ1v) is 5.53. The predicted molar refractivity (Wildman–Crippen MR) is 69.8 cm³/mol. The molecule has 0 aliphatic heterocycles. The fourth-order valence-corrected chi connectivity index (χ4v) is 1.75. The second kappa shape index (κ2) is 4.45. The summed E-state index contributed by atoms with van der Waals surface area (Å²) in [6.07, 6.45) is 1.70. The Morgan fingerprint density at radius 2 is 1.56 bits per heavy atom. The molecule has 0 aliphatic carbocycles. The zero-order valence-corrected chi connectivity index (χ0v) is 9.56. The van der Waals surface area contributed by atoms with Crippen molar-refractivity contribution < 1.29 is 0 Å². The molecule has 0 N–H and O–H groups in total. The van der Waals surface area contributed by atoms with Crippen molar-refractivity contribution in [2.45, 2.75) is 0 Å². The van der Waals surface area contributed by atoms with Crippen LogP contribution in [-0.4, -0.2) is 27.6 Å². The van der Waals surface area contributed by atoms with E-state index in [4.69, 9.17) is 7.98 Å². The van der Waals surface area contributed by atoms with E-state index < -0.39 is 0 Å². The SMILES string of the molecule is [B]n1c(-c2ccccc2)nnc1-c1ccccn1. The van der Waals surface area contributed by atoms with Crippen LogP contribution in [0.5, 0.6) is 0 Å². The monoisotopic (exact) mass is 232 g/mol. The van der Waals surface area contributed by atoms with E-state index in [1.807, 2.05) is 48.5 Å². The van der Waals surface area contributed by atoms with Crippen LogP contribution in [0.25, 0.3) is 22.9 Å². The van der Waals surface area contributed by atoms with Gasteiger partial charge >= 0.3 is 0 Å². The molecule has 0 unspecified atom stereocenters. The summed E-state index contributed by atoms with van der Waals surface area (Å²) in [5, 5.41) is 8.20. The van der Waals surface area contributed by atoms with E-state index in [2.05, 4.69) is 15.2 Å². The molecule has 0 spiro atoms. The number of nitrogens with zero attached hydrogens (tertiary/aromatic N) is 4. The maximum Gasteiger partial charge on any atom is 0.239 e. The van der Waals surface area contributed by atoms with Crippen molar-refractivity contribution in [3.63, 3.8) is 0 Å². The number of hydrogen-bond acceptors (Lipinski definition) is 3. The lowest BCUT2D eigenvalue weighted by atomic mass is 10.2. The summed E-state index contributed by atoms with van der Waals surface area (Å²) < 4.78 is 1.46. The van der Waals surface area contributed by atoms with Gasteiger partial charge < -0.3 is 4.48 Å². The molecule has 0 bridgehead atoms. The Kier molecular flexibility index (Phi) is 2.65. The van der Waals surface area contributed by atoms with Crippen LogP contribution in [0, 0.1) is 0 Å². The summed E-state index contributed by atoms with van der Waals surface area (Å²) >= 11 is 0. The predicted octanol–water partition coefficient (Wildman–Crippen LogP) is 1.94. The first kappa shape index (κ1) is 10.7. The molecular weight excluding hydrogens is 223 g/mol. The van der Waals surface area contributed by atoms with Crippen molar-refractivity contribution in [2.75, 3.05) is 0 Å². The van der Waals surface area contributed by atoms with Gasteiger partial charge in [0.05, 0.1) is 0 Å². The minimum Gasteiger partial charge on any atom is -0.363 e. The lowest BCUT2D eigenvalue weighted by Crippen LogP contribution is -1.99. The van der Waals surface area contributed by atoms with Crippen LogP contribution < -0.4 is 0 Å². The Bertz CT molecular complexity index is 592. The Labute approximate surface area is 106 Å². The number of rotatable bonds is 2. The minimum absolute atomic E-state index is 0.550.